The molecule has 1 aromatic carbocycles. The number of nitrogens with zero attached hydrogens (tertiary/aromatic N) is 1. The third kappa shape index (κ3) is 3.51. The van der Waals surface area contributed by atoms with Gasteiger partial charge in [-0.25, -0.2) is 0 Å². The smallest absolute Gasteiger partial charge is 0.309 e. The number of ether oxygens (including phenoxy) is 1. The molecule has 0 spiro atoms. The van der Waals surface area contributed by atoms with E-state index in [4.69, 9.17) is 4.74 Å². The van der Waals surface area contributed by atoms with Gasteiger partial charge in [-0.2, -0.15) is 0 Å². The fourth-order valence-electron chi connectivity index (χ4n) is 3.34. The predicted molar refractivity (Wildman–Crippen MR) is 93.2 cm³/mol. The first-order valence-corrected chi connectivity index (χ1v) is 8.58. The molecule has 1 aromatic heterocycles. The number of carbonyl (C=O) groups excluding carboxylic acids is 2. The molecule has 1 saturated heterocycles. The zero-order valence-corrected chi connectivity index (χ0v) is 14.3. The Labute approximate surface area is 142 Å². The van der Waals surface area contributed by atoms with Crippen molar-refractivity contribution in [1.82, 2.24) is 9.88 Å². The van der Waals surface area contributed by atoms with Crippen molar-refractivity contribution in [2.45, 2.75) is 26.7 Å². The lowest BCUT2D eigenvalue weighted by atomic mass is 9.96. The molecule has 0 radical (unpaired) electrons. The fraction of sp³-hybridized carbons (Fsp3) is 0.474. The van der Waals surface area contributed by atoms with Crippen molar-refractivity contribution < 1.29 is 14.3 Å². The van der Waals surface area contributed by atoms with Crippen LogP contribution in [0.1, 0.15) is 35.7 Å². The summed E-state index contributed by atoms with van der Waals surface area (Å²) in [7, 11) is 0. The van der Waals surface area contributed by atoms with Crippen LogP contribution in [0.2, 0.25) is 0 Å². The Hall–Kier alpha value is -2.14. The summed E-state index contributed by atoms with van der Waals surface area (Å²) >= 11 is 0. The lowest BCUT2D eigenvalue weighted by Crippen LogP contribution is -2.39. The molecule has 1 aliphatic rings. The van der Waals surface area contributed by atoms with Crippen molar-refractivity contribution in [3.63, 3.8) is 0 Å². The number of hydrogen-bond donors (Lipinski definition) is 1. The highest BCUT2D eigenvalue weighted by Crippen LogP contribution is 2.22. The summed E-state index contributed by atoms with van der Waals surface area (Å²) < 4.78 is 5.09. The number of rotatable bonds is 5. The number of likely N-dealkylation sites (tertiary alicyclic amines) is 1. The second-order valence-electron chi connectivity index (χ2n) is 6.48. The number of aromatic nitrogens is 1. The predicted octanol–water partition coefficient (Wildman–Crippen LogP) is 2.93. The maximum absolute atomic E-state index is 12.7. The van der Waals surface area contributed by atoms with Gasteiger partial charge in [-0.05, 0) is 51.9 Å². The van der Waals surface area contributed by atoms with Gasteiger partial charge in [0.25, 0.3) is 0 Å². The van der Waals surface area contributed by atoms with Gasteiger partial charge >= 0.3 is 5.97 Å². The minimum atomic E-state index is -0.101. The number of fused-ring (bicyclic) bond motifs is 1. The maximum atomic E-state index is 12.7. The number of H-pyrrole nitrogens is 1. The Morgan fingerprint density at radius 3 is 2.75 bits per heavy atom. The van der Waals surface area contributed by atoms with E-state index in [-0.39, 0.29) is 17.7 Å². The Bertz CT molecular complexity index is 742. The number of carbonyl (C=O) groups is 2. The molecular formula is C19H24N2O3. The van der Waals surface area contributed by atoms with E-state index < -0.39 is 0 Å². The van der Waals surface area contributed by atoms with Crippen molar-refractivity contribution >= 4 is 22.7 Å². The van der Waals surface area contributed by atoms with Gasteiger partial charge in [0.1, 0.15) is 0 Å². The summed E-state index contributed by atoms with van der Waals surface area (Å²) in [4.78, 5) is 29.7. The van der Waals surface area contributed by atoms with Crippen LogP contribution in [0.25, 0.3) is 10.9 Å². The summed E-state index contributed by atoms with van der Waals surface area (Å²) in [6, 6.07) is 6.09. The zero-order valence-electron chi connectivity index (χ0n) is 14.3. The molecule has 0 unspecified atom stereocenters. The number of hydrogen-bond acceptors (Lipinski definition) is 4. The van der Waals surface area contributed by atoms with Crippen molar-refractivity contribution in [3.05, 3.63) is 35.5 Å². The molecule has 3 rings (SSSR count). The van der Waals surface area contributed by atoms with Crippen molar-refractivity contribution in [1.29, 1.82) is 0 Å². The van der Waals surface area contributed by atoms with Crippen LogP contribution in [-0.2, 0) is 9.53 Å². The zero-order chi connectivity index (χ0) is 17.1. The highest BCUT2D eigenvalue weighted by Gasteiger charge is 2.27. The van der Waals surface area contributed by atoms with Crippen LogP contribution in [0.5, 0.6) is 0 Å². The SMILES string of the molecule is CCOC(=O)C1CCN(CC(=O)c2c[nH]c3ccc(C)cc23)CC1. The van der Waals surface area contributed by atoms with Gasteiger partial charge in [0, 0.05) is 22.7 Å². The van der Waals surface area contributed by atoms with E-state index in [1.165, 1.54) is 0 Å². The van der Waals surface area contributed by atoms with Gasteiger partial charge in [0.05, 0.1) is 19.1 Å². The maximum Gasteiger partial charge on any atom is 0.309 e. The highest BCUT2D eigenvalue weighted by atomic mass is 16.5. The molecule has 128 valence electrons. The van der Waals surface area contributed by atoms with Gasteiger partial charge in [-0.15, -0.1) is 0 Å². The lowest BCUT2D eigenvalue weighted by Gasteiger charge is -2.30. The molecular weight excluding hydrogens is 304 g/mol. The molecule has 1 N–H and O–H groups in total. The molecule has 1 fully saturated rings. The van der Waals surface area contributed by atoms with Gasteiger partial charge in [-0.3, -0.25) is 14.5 Å². The van der Waals surface area contributed by atoms with E-state index in [9.17, 15) is 9.59 Å². The molecule has 0 atom stereocenters. The third-order valence-electron chi connectivity index (χ3n) is 4.71. The van der Waals surface area contributed by atoms with Crippen LogP contribution < -0.4 is 0 Å². The molecule has 0 aliphatic carbocycles. The van der Waals surface area contributed by atoms with E-state index >= 15 is 0 Å². The minimum absolute atomic E-state index is 0.0213. The number of aryl methyl sites for hydroxylation is 1. The number of aromatic amines is 1. The number of Topliss-reactive ketones (excluding diaryl/α,β-unsaturated/α-hetero) is 1. The Kier molecular flexibility index (Phi) is 5.00. The molecule has 0 saturated carbocycles. The summed E-state index contributed by atoms with van der Waals surface area (Å²) in [6.45, 7) is 6.20. The molecule has 24 heavy (non-hydrogen) atoms. The fourth-order valence-corrected chi connectivity index (χ4v) is 3.34. The quantitative estimate of drug-likeness (QED) is 0.677. The standard InChI is InChI=1S/C19H24N2O3/c1-3-24-19(23)14-6-8-21(9-7-14)12-18(22)16-11-20-17-5-4-13(2)10-15(16)17/h4-5,10-11,14,20H,3,6-9,12H2,1-2H3. The van der Waals surface area contributed by atoms with Gasteiger partial charge in [-0.1, -0.05) is 11.6 Å². The molecule has 5 nitrogen and oxygen atoms in total. The van der Waals surface area contributed by atoms with Gasteiger partial charge < -0.3 is 9.72 Å². The van der Waals surface area contributed by atoms with E-state index in [1.54, 1.807) is 6.20 Å². The van der Waals surface area contributed by atoms with Crippen molar-refractivity contribution in [3.8, 4) is 0 Å². The largest absolute Gasteiger partial charge is 0.466 e. The van der Waals surface area contributed by atoms with Crippen molar-refractivity contribution in [2.75, 3.05) is 26.2 Å². The molecule has 5 heteroatoms. The van der Waals surface area contributed by atoms with E-state index in [1.807, 2.05) is 32.0 Å². The molecule has 0 amide bonds. The third-order valence-corrected chi connectivity index (χ3v) is 4.71. The average Bonchev–Trinajstić information content (AvgIpc) is 2.98. The lowest BCUT2D eigenvalue weighted by molar-refractivity contribution is -0.149. The monoisotopic (exact) mass is 328 g/mol. The van der Waals surface area contributed by atoms with Crippen LogP contribution >= 0.6 is 0 Å². The summed E-state index contributed by atoms with van der Waals surface area (Å²) in [5.41, 5.74) is 2.89. The Balaban J connectivity index is 1.61. The first-order valence-electron chi connectivity index (χ1n) is 8.58. The Morgan fingerprint density at radius 1 is 1.29 bits per heavy atom. The van der Waals surface area contributed by atoms with E-state index in [2.05, 4.69) is 9.88 Å². The number of esters is 1. The van der Waals surface area contributed by atoms with Crippen LogP contribution in [0.15, 0.2) is 24.4 Å². The second kappa shape index (κ2) is 7.18. The van der Waals surface area contributed by atoms with Crippen LogP contribution in [0.3, 0.4) is 0 Å². The van der Waals surface area contributed by atoms with Gasteiger partial charge in [0.15, 0.2) is 5.78 Å². The topological polar surface area (TPSA) is 62.4 Å². The highest BCUT2D eigenvalue weighted by molar-refractivity contribution is 6.08. The minimum Gasteiger partial charge on any atom is -0.466 e. The van der Waals surface area contributed by atoms with Gasteiger partial charge in [0.2, 0.25) is 0 Å². The van der Waals surface area contributed by atoms with Crippen LogP contribution in [-0.4, -0.2) is 47.9 Å². The molecule has 2 aromatic rings. The molecule has 0 bridgehead atoms. The van der Waals surface area contributed by atoms with Crippen molar-refractivity contribution in [2.24, 2.45) is 5.92 Å². The molecule has 2 heterocycles. The van der Waals surface area contributed by atoms with Crippen LogP contribution in [0.4, 0.5) is 0 Å². The summed E-state index contributed by atoms with van der Waals surface area (Å²) in [5, 5.41) is 0.987. The summed E-state index contributed by atoms with van der Waals surface area (Å²) in [6.07, 6.45) is 3.33. The number of piperidine rings is 1. The first kappa shape index (κ1) is 16.7. The van der Waals surface area contributed by atoms with Crippen LogP contribution in [0, 0.1) is 12.8 Å². The Morgan fingerprint density at radius 2 is 2.04 bits per heavy atom. The number of ketones is 1. The van der Waals surface area contributed by atoms with E-state index in [0.29, 0.717) is 13.2 Å². The number of nitrogens with one attached hydrogen (secondary N) is 1. The average molecular weight is 328 g/mol. The first-order chi connectivity index (χ1) is 11.6. The summed E-state index contributed by atoms with van der Waals surface area (Å²) in [5.74, 6) is 0.00376. The normalized spacial score (nSPS) is 16.4. The number of benzene rings is 1. The van der Waals surface area contributed by atoms with E-state index in [0.717, 1.165) is 48.0 Å². The second-order valence-corrected chi connectivity index (χ2v) is 6.48. The molecule has 1 aliphatic heterocycles.